The van der Waals surface area contributed by atoms with E-state index in [0.29, 0.717) is 12.2 Å². The van der Waals surface area contributed by atoms with Crippen LogP contribution in [0.25, 0.3) is 0 Å². The predicted octanol–water partition coefficient (Wildman–Crippen LogP) is 6.08. The Kier molecular flexibility index (Phi) is 11.4. The highest BCUT2D eigenvalue weighted by molar-refractivity contribution is 5.65. The van der Waals surface area contributed by atoms with E-state index < -0.39 is 23.6 Å². The highest BCUT2D eigenvalue weighted by Gasteiger charge is 2.40. The van der Waals surface area contributed by atoms with Gasteiger partial charge in [0.25, 0.3) is 0 Å². The first-order valence-electron chi connectivity index (χ1n) is 12.8. The smallest absolute Gasteiger partial charge is 0.419 e. The number of hydrogen-bond acceptors (Lipinski definition) is 6. The number of methoxy groups -OCH3 is 1. The number of carbonyl (C=O) groups is 1. The van der Waals surface area contributed by atoms with Gasteiger partial charge >= 0.3 is 12.3 Å². The van der Waals surface area contributed by atoms with E-state index >= 15 is 0 Å². The zero-order chi connectivity index (χ0) is 28.3. The van der Waals surface area contributed by atoms with E-state index in [0.717, 1.165) is 35.8 Å². The summed E-state index contributed by atoms with van der Waals surface area (Å²) < 4.78 is 69.6. The number of aryl methyl sites for hydroxylation is 1. The van der Waals surface area contributed by atoms with Crippen LogP contribution in [0.1, 0.15) is 48.8 Å². The van der Waals surface area contributed by atoms with E-state index in [9.17, 15) is 23.1 Å². The lowest BCUT2D eigenvalue weighted by atomic mass is 9.96. The minimum atomic E-state index is -4.64. The molecule has 2 unspecified atom stereocenters. The Labute approximate surface area is 226 Å². The number of hydrogen-bond donors (Lipinski definition) is 1. The molecule has 1 aliphatic heterocycles. The summed E-state index contributed by atoms with van der Waals surface area (Å²) in [4.78, 5) is 13.0. The zero-order valence-electron chi connectivity index (χ0n) is 22.2. The third-order valence-corrected chi connectivity index (χ3v) is 6.67. The Morgan fingerprint density at radius 2 is 1.87 bits per heavy atom. The van der Waals surface area contributed by atoms with E-state index in [-0.39, 0.29) is 51.3 Å². The number of benzene rings is 2. The van der Waals surface area contributed by atoms with Crippen molar-refractivity contribution in [3.63, 3.8) is 0 Å². The van der Waals surface area contributed by atoms with Crippen LogP contribution in [0.15, 0.2) is 48.5 Å². The van der Waals surface area contributed by atoms with E-state index in [1.54, 1.807) is 30.3 Å². The van der Waals surface area contributed by atoms with Gasteiger partial charge in [0.2, 0.25) is 0 Å². The van der Waals surface area contributed by atoms with Crippen LogP contribution in [0.2, 0.25) is 0 Å². The summed E-state index contributed by atoms with van der Waals surface area (Å²) in [5, 5.41) is 9.78. The van der Waals surface area contributed by atoms with Crippen molar-refractivity contribution in [2.24, 2.45) is 0 Å². The van der Waals surface area contributed by atoms with Gasteiger partial charge in [0, 0.05) is 27.2 Å². The molecule has 2 aromatic rings. The SMILES string of the molecule is COCOC(CCOC1CCCCO1)(CCc1ccc(OCc2ccccc2)c(C(F)(F)F)c1)N(C)C(=O)O. The summed E-state index contributed by atoms with van der Waals surface area (Å²) in [6.45, 7) is 0.507. The summed E-state index contributed by atoms with van der Waals surface area (Å²) in [7, 11) is 2.76. The fraction of sp³-hybridized carbons (Fsp3) is 0.536. The van der Waals surface area contributed by atoms with Crippen LogP contribution >= 0.6 is 0 Å². The molecule has 0 bridgehead atoms. The van der Waals surface area contributed by atoms with Crippen molar-refractivity contribution in [2.45, 2.75) is 63.3 Å². The fourth-order valence-electron chi connectivity index (χ4n) is 4.39. The molecule has 0 aromatic heterocycles. The molecule has 0 saturated carbocycles. The van der Waals surface area contributed by atoms with Crippen LogP contribution in [0.3, 0.4) is 0 Å². The number of ether oxygens (including phenoxy) is 5. The van der Waals surface area contributed by atoms with Gasteiger partial charge in [-0.2, -0.15) is 13.2 Å². The second-order valence-corrected chi connectivity index (χ2v) is 9.36. The van der Waals surface area contributed by atoms with Crippen molar-refractivity contribution in [3.05, 3.63) is 65.2 Å². The van der Waals surface area contributed by atoms with Gasteiger partial charge in [0.15, 0.2) is 12.0 Å². The van der Waals surface area contributed by atoms with Crippen molar-refractivity contribution in [3.8, 4) is 5.75 Å². The number of carboxylic acid groups (broad SMARTS) is 1. The molecular weight excluding hydrogens is 519 g/mol. The molecule has 2 atom stereocenters. The molecule has 1 saturated heterocycles. The molecule has 0 spiro atoms. The predicted molar refractivity (Wildman–Crippen MR) is 136 cm³/mol. The van der Waals surface area contributed by atoms with E-state index in [1.165, 1.54) is 20.2 Å². The highest BCUT2D eigenvalue weighted by Crippen LogP contribution is 2.38. The first-order chi connectivity index (χ1) is 18.6. The summed E-state index contributed by atoms with van der Waals surface area (Å²) in [5.74, 6) is -0.277. The standard InChI is InChI=1S/C28H36F3NO7/c1-32(26(33)34)27(39-20-35-2,15-17-37-25-10-6-7-16-36-25)14-13-21-11-12-24(23(18-21)28(29,30)31)38-19-22-8-4-3-5-9-22/h3-5,8-9,11-12,18,25H,6-7,10,13-17,19-20H2,1-2H3,(H,33,34). The minimum absolute atomic E-state index is 0.00858. The van der Waals surface area contributed by atoms with Crippen LogP contribution < -0.4 is 4.74 Å². The van der Waals surface area contributed by atoms with Gasteiger partial charge in [-0.05, 0) is 55.4 Å². The number of halogens is 3. The van der Waals surface area contributed by atoms with Crippen LogP contribution in [0.5, 0.6) is 5.75 Å². The number of rotatable bonds is 14. The van der Waals surface area contributed by atoms with Crippen molar-refractivity contribution in [2.75, 3.05) is 34.2 Å². The number of amides is 1. The third kappa shape index (κ3) is 9.10. The van der Waals surface area contributed by atoms with Gasteiger partial charge < -0.3 is 28.8 Å². The lowest BCUT2D eigenvalue weighted by molar-refractivity contribution is -0.214. The summed E-state index contributed by atoms with van der Waals surface area (Å²) in [5.41, 5.74) is -1.21. The highest BCUT2D eigenvalue weighted by atomic mass is 19.4. The molecule has 8 nitrogen and oxygen atoms in total. The van der Waals surface area contributed by atoms with Crippen LogP contribution in [0, 0.1) is 0 Å². The number of alkyl halides is 3. The molecule has 1 fully saturated rings. The molecule has 3 rings (SSSR count). The molecule has 216 valence electrons. The second-order valence-electron chi connectivity index (χ2n) is 9.36. The Morgan fingerprint density at radius 3 is 2.51 bits per heavy atom. The van der Waals surface area contributed by atoms with E-state index in [2.05, 4.69) is 0 Å². The summed E-state index contributed by atoms with van der Waals surface area (Å²) in [6, 6.07) is 12.8. The van der Waals surface area contributed by atoms with Crippen LogP contribution in [-0.2, 0) is 38.2 Å². The van der Waals surface area contributed by atoms with Crippen molar-refractivity contribution < 1.29 is 46.8 Å². The Hall–Kier alpha value is -2.86. The zero-order valence-corrected chi connectivity index (χ0v) is 22.2. The van der Waals surface area contributed by atoms with Gasteiger partial charge in [-0.25, -0.2) is 4.79 Å². The minimum Gasteiger partial charge on any atom is -0.488 e. The molecule has 1 N–H and O–H groups in total. The molecule has 1 heterocycles. The van der Waals surface area contributed by atoms with Gasteiger partial charge in [-0.15, -0.1) is 0 Å². The Morgan fingerprint density at radius 1 is 1.10 bits per heavy atom. The van der Waals surface area contributed by atoms with E-state index in [4.69, 9.17) is 23.7 Å². The molecule has 0 radical (unpaired) electrons. The maximum absolute atomic E-state index is 13.9. The molecule has 39 heavy (non-hydrogen) atoms. The normalized spacial score (nSPS) is 17.4. The van der Waals surface area contributed by atoms with Gasteiger partial charge in [0.05, 0.1) is 12.2 Å². The lowest BCUT2D eigenvalue weighted by Crippen LogP contribution is -2.52. The third-order valence-electron chi connectivity index (χ3n) is 6.67. The fourth-order valence-corrected chi connectivity index (χ4v) is 4.39. The average Bonchev–Trinajstić information content (AvgIpc) is 2.93. The molecule has 0 aliphatic carbocycles. The van der Waals surface area contributed by atoms with Crippen LogP contribution in [-0.4, -0.2) is 62.3 Å². The molecule has 11 heteroatoms. The van der Waals surface area contributed by atoms with E-state index in [1.807, 2.05) is 6.07 Å². The van der Waals surface area contributed by atoms with Gasteiger partial charge in [-0.1, -0.05) is 36.4 Å². The Balaban J connectivity index is 1.77. The molecular formula is C28H36F3NO7. The molecule has 1 amide bonds. The quantitative estimate of drug-likeness (QED) is 0.283. The molecule has 1 aliphatic rings. The molecule has 2 aromatic carbocycles. The van der Waals surface area contributed by atoms with Crippen molar-refractivity contribution >= 4 is 6.09 Å². The maximum Gasteiger partial charge on any atom is 0.419 e. The summed E-state index contributed by atoms with van der Waals surface area (Å²) >= 11 is 0. The summed E-state index contributed by atoms with van der Waals surface area (Å²) in [6.07, 6.45) is -3.32. The monoisotopic (exact) mass is 555 g/mol. The topological polar surface area (TPSA) is 86.7 Å². The van der Waals surface area contributed by atoms with Crippen LogP contribution in [0.4, 0.5) is 18.0 Å². The van der Waals surface area contributed by atoms with Gasteiger partial charge in [0.1, 0.15) is 19.1 Å². The van der Waals surface area contributed by atoms with Crippen molar-refractivity contribution in [1.82, 2.24) is 4.90 Å². The maximum atomic E-state index is 13.9. The second kappa shape index (κ2) is 14.5. The first-order valence-corrected chi connectivity index (χ1v) is 12.8. The van der Waals surface area contributed by atoms with Gasteiger partial charge in [-0.3, -0.25) is 4.90 Å². The Bertz CT molecular complexity index is 1030. The largest absolute Gasteiger partial charge is 0.488 e. The number of nitrogens with zero attached hydrogens (tertiary/aromatic N) is 1. The average molecular weight is 556 g/mol. The first kappa shape index (κ1) is 30.7. The van der Waals surface area contributed by atoms with Crippen molar-refractivity contribution in [1.29, 1.82) is 0 Å². The lowest BCUT2D eigenvalue weighted by Gasteiger charge is -2.40.